The van der Waals surface area contributed by atoms with E-state index in [4.69, 9.17) is 10.5 Å². The van der Waals surface area contributed by atoms with Gasteiger partial charge in [-0.3, -0.25) is 4.99 Å². The lowest BCUT2D eigenvalue weighted by molar-refractivity contribution is 0.0549. The molecule has 1 saturated carbocycles. The second kappa shape index (κ2) is 6.40. The summed E-state index contributed by atoms with van der Waals surface area (Å²) in [6.07, 6.45) is 2.63. The van der Waals surface area contributed by atoms with Gasteiger partial charge >= 0.3 is 0 Å². The number of nitrogens with one attached hydrogen (secondary N) is 1. The first-order valence-corrected chi connectivity index (χ1v) is 8.48. The summed E-state index contributed by atoms with van der Waals surface area (Å²) in [4.78, 5) is 4.51. The van der Waals surface area contributed by atoms with Crippen LogP contribution in [-0.4, -0.2) is 30.3 Å². The number of nitrogens with zero attached hydrogens (tertiary/aromatic N) is 1. The van der Waals surface area contributed by atoms with E-state index in [1.165, 1.54) is 0 Å². The summed E-state index contributed by atoms with van der Waals surface area (Å²) >= 11 is 0. The Labute approximate surface area is 137 Å². The summed E-state index contributed by atoms with van der Waals surface area (Å²) in [5, 5.41) is 13.6. The van der Waals surface area contributed by atoms with Crippen molar-refractivity contribution < 1.29 is 9.84 Å². The van der Waals surface area contributed by atoms with E-state index in [1.807, 2.05) is 18.2 Å². The maximum Gasteiger partial charge on any atom is 0.189 e. The number of aliphatic imine (C=N–C) groups is 1. The molecule has 0 radical (unpaired) electrons. The van der Waals surface area contributed by atoms with Crippen molar-refractivity contribution in [3.63, 3.8) is 0 Å². The van der Waals surface area contributed by atoms with Crippen molar-refractivity contribution in [1.82, 2.24) is 5.32 Å². The molecular formula is C18H27N3O2. The highest BCUT2D eigenvalue weighted by Crippen LogP contribution is 2.50. The molecule has 0 amide bonds. The van der Waals surface area contributed by atoms with Gasteiger partial charge in [-0.05, 0) is 24.8 Å². The Morgan fingerprint density at radius 3 is 2.87 bits per heavy atom. The van der Waals surface area contributed by atoms with Crippen LogP contribution in [0.2, 0.25) is 0 Å². The van der Waals surface area contributed by atoms with Crippen LogP contribution in [0.15, 0.2) is 29.3 Å². The number of guanidine groups is 1. The van der Waals surface area contributed by atoms with Crippen LogP contribution in [0.4, 0.5) is 0 Å². The average Bonchev–Trinajstić information content (AvgIpc) is 3.34. The van der Waals surface area contributed by atoms with Crippen LogP contribution in [0.3, 0.4) is 0 Å². The molecule has 1 aliphatic heterocycles. The van der Waals surface area contributed by atoms with E-state index in [2.05, 4.69) is 30.2 Å². The quantitative estimate of drug-likeness (QED) is 0.574. The van der Waals surface area contributed by atoms with E-state index in [0.29, 0.717) is 19.1 Å². The van der Waals surface area contributed by atoms with Crippen molar-refractivity contribution in [2.24, 2.45) is 22.1 Å². The Hall–Kier alpha value is -1.75. The second-order valence-electron chi connectivity index (χ2n) is 7.12. The van der Waals surface area contributed by atoms with Gasteiger partial charge in [0.05, 0.1) is 25.3 Å². The molecule has 1 fully saturated rings. The third-order valence-electron chi connectivity index (χ3n) is 5.00. The van der Waals surface area contributed by atoms with Crippen LogP contribution >= 0.6 is 0 Å². The minimum Gasteiger partial charge on any atom is -0.493 e. The standard InChI is InChI=1S/C18H27N3O2/c1-12(2)16(22)18(8-9-18)11-20-17(19)21-14-7-10-23-15-6-4-3-5-13(14)15/h3-6,12,14,16,22H,7-11H2,1-2H3,(H3,19,20,21). The molecular weight excluding hydrogens is 290 g/mol. The van der Waals surface area contributed by atoms with Gasteiger partial charge in [-0.2, -0.15) is 0 Å². The lowest BCUT2D eigenvalue weighted by Crippen LogP contribution is -2.38. The molecule has 0 aromatic heterocycles. The molecule has 126 valence electrons. The summed E-state index contributed by atoms with van der Waals surface area (Å²) in [5.41, 5.74) is 7.15. The maximum atomic E-state index is 10.3. The van der Waals surface area contributed by atoms with E-state index < -0.39 is 0 Å². The van der Waals surface area contributed by atoms with Crippen molar-refractivity contribution in [2.45, 2.75) is 45.3 Å². The molecule has 1 aromatic carbocycles. The van der Waals surface area contributed by atoms with Gasteiger partial charge in [0.15, 0.2) is 5.96 Å². The molecule has 1 aliphatic carbocycles. The summed E-state index contributed by atoms with van der Waals surface area (Å²) in [6.45, 7) is 5.37. The fraction of sp³-hybridized carbons (Fsp3) is 0.611. The lowest BCUT2D eigenvalue weighted by Gasteiger charge is -2.27. The van der Waals surface area contributed by atoms with Gasteiger partial charge in [-0.15, -0.1) is 0 Å². The van der Waals surface area contributed by atoms with E-state index in [1.54, 1.807) is 0 Å². The monoisotopic (exact) mass is 317 g/mol. The van der Waals surface area contributed by atoms with Crippen LogP contribution in [0.5, 0.6) is 5.75 Å². The van der Waals surface area contributed by atoms with Gasteiger partial charge in [-0.1, -0.05) is 32.0 Å². The first-order chi connectivity index (χ1) is 11.0. The molecule has 1 aromatic rings. The Balaban J connectivity index is 1.63. The topological polar surface area (TPSA) is 79.9 Å². The number of aliphatic hydroxyl groups is 1. The highest BCUT2D eigenvalue weighted by molar-refractivity contribution is 5.78. The fourth-order valence-corrected chi connectivity index (χ4v) is 3.37. The number of hydrogen-bond donors (Lipinski definition) is 3. The second-order valence-corrected chi connectivity index (χ2v) is 7.12. The largest absolute Gasteiger partial charge is 0.493 e. The van der Waals surface area contributed by atoms with Crippen molar-refractivity contribution in [2.75, 3.05) is 13.2 Å². The number of ether oxygens (including phenoxy) is 1. The van der Waals surface area contributed by atoms with Gasteiger partial charge in [-0.25, -0.2) is 0 Å². The molecule has 2 atom stereocenters. The minimum absolute atomic E-state index is 0.0615. The predicted octanol–water partition coefficient (Wildman–Crippen LogP) is 2.21. The molecule has 3 rings (SSSR count). The SMILES string of the molecule is CC(C)C(O)C1(CN=C(N)NC2CCOc3ccccc32)CC1. The molecule has 4 N–H and O–H groups in total. The van der Waals surface area contributed by atoms with Crippen LogP contribution < -0.4 is 15.8 Å². The zero-order valence-corrected chi connectivity index (χ0v) is 14.0. The highest BCUT2D eigenvalue weighted by atomic mass is 16.5. The highest BCUT2D eigenvalue weighted by Gasteiger charge is 2.49. The Bertz CT molecular complexity index is 581. The molecule has 0 saturated heterocycles. The number of fused-ring (bicyclic) bond motifs is 1. The summed E-state index contributed by atoms with van der Waals surface area (Å²) in [5.74, 6) is 1.62. The number of aliphatic hydroxyl groups excluding tert-OH is 1. The molecule has 0 bridgehead atoms. The van der Waals surface area contributed by atoms with Crippen LogP contribution in [0.1, 0.15) is 44.7 Å². The first-order valence-electron chi connectivity index (χ1n) is 8.48. The van der Waals surface area contributed by atoms with E-state index in [-0.39, 0.29) is 23.5 Å². The van der Waals surface area contributed by atoms with Crippen LogP contribution in [-0.2, 0) is 0 Å². The summed E-state index contributed by atoms with van der Waals surface area (Å²) < 4.78 is 5.66. The summed E-state index contributed by atoms with van der Waals surface area (Å²) in [6, 6.07) is 8.16. The Kier molecular flexibility index (Phi) is 4.48. The number of rotatable bonds is 5. The predicted molar refractivity (Wildman–Crippen MR) is 91.4 cm³/mol. The fourth-order valence-electron chi connectivity index (χ4n) is 3.37. The lowest BCUT2D eigenvalue weighted by atomic mass is 9.90. The van der Waals surface area contributed by atoms with Gasteiger partial charge in [0.1, 0.15) is 5.75 Å². The molecule has 5 heteroatoms. The molecule has 2 aliphatic rings. The van der Waals surface area contributed by atoms with Gasteiger partial charge in [0.2, 0.25) is 0 Å². The molecule has 2 unspecified atom stereocenters. The number of para-hydroxylation sites is 1. The van der Waals surface area contributed by atoms with Crippen molar-refractivity contribution >= 4 is 5.96 Å². The smallest absolute Gasteiger partial charge is 0.189 e. The Morgan fingerprint density at radius 2 is 2.17 bits per heavy atom. The molecule has 0 spiro atoms. The van der Waals surface area contributed by atoms with Gasteiger partial charge in [0.25, 0.3) is 0 Å². The normalized spacial score (nSPS) is 23.8. The van der Waals surface area contributed by atoms with E-state index in [0.717, 1.165) is 30.6 Å². The van der Waals surface area contributed by atoms with E-state index in [9.17, 15) is 5.11 Å². The number of nitrogens with two attached hydrogens (primary N) is 1. The number of benzene rings is 1. The Morgan fingerprint density at radius 1 is 1.43 bits per heavy atom. The number of hydrogen-bond acceptors (Lipinski definition) is 3. The maximum absolute atomic E-state index is 10.3. The van der Waals surface area contributed by atoms with Gasteiger partial charge < -0.3 is 20.9 Å². The zero-order chi connectivity index (χ0) is 16.4. The average molecular weight is 317 g/mol. The molecule has 5 nitrogen and oxygen atoms in total. The first kappa shape index (κ1) is 16.1. The molecule has 23 heavy (non-hydrogen) atoms. The minimum atomic E-state index is -0.303. The van der Waals surface area contributed by atoms with Crippen molar-refractivity contribution in [3.05, 3.63) is 29.8 Å². The third-order valence-corrected chi connectivity index (χ3v) is 5.00. The van der Waals surface area contributed by atoms with Crippen LogP contribution in [0.25, 0.3) is 0 Å². The van der Waals surface area contributed by atoms with E-state index >= 15 is 0 Å². The van der Waals surface area contributed by atoms with Crippen molar-refractivity contribution in [1.29, 1.82) is 0 Å². The molecule has 1 heterocycles. The summed E-state index contributed by atoms with van der Waals surface area (Å²) in [7, 11) is 0. The van der Waals surface area contributed by atoms with Crippen LogP contribution in [0, 0.1) is 11.3 Å². The van der Waals surface area contributed by atoms with Crippen molar-refractivity contribution in [3.8, 4) is 5.75 Å². The zero-order valence-electron chi connectivity index (χ0n) is 14.0. The third kappa shape index (κ3) is 3.44. The van der Waals surface area contributed by atoms with Gasteiger partial charge in [0, 0.05) is 17.4 Å².